The van der Waals surface area contributed by atoms with Crippen molar-refractivity contribution in [1.82, 2.24) is 14.1 Å². The van der Waals surface area contributed by atoms with Crippen molar-refractivity contribution in [2.24, 2.45) is 0 Å². The molecule has 1 amide bonds. The van der Waals surface area contributed by atoms with Crippen molar-refractivity contribution in [1.29, 1.82) is 0 Å². The summed E-state index contributed by atoms with van der Waals surface area (Å²) in [6.07, 6.45) is 1.29. The van der Waals surface area contributed by atoms with Crippen LogP contribution in [0.25, 0.3) is 0 Å². The van der Waals surface area contributed by atoms with E-state index >= 15 is 0 Å². The minimum atomic E-state index is -0.593. The lowest BCUT2D eigenvalue weighted by Gasteiger charge is -2.17. The number of aromatic nitrogens is 2. The molecule has 0 aliphatic heterocycles. The Hall–Kier alpha value is -1.79. The van der Waals surface area contributed by atoms with Gasteiger partial charge in [-0.15, -0.1) is 0 Å². The summed E-state index contributed by atoms with van der Waals surface area (Å²) in [6, 6.07) is 9.24. The number of nitrogens with one attached hydrogen (secondary N) is 1. The van der Waals surface area contributed by atoms with Crippen LogP contribution in [0, 0.1) is 0 Å². The second-order valence-electron chi connectivity index (χ2n) is 4.33. The number of carbonyl (C=O) groups excluding carboxylic acids is 1. The normalized spacial score (nSPS) is 13.8. The van der Waals surface area contributed by atoms with Gasteiger partial charge in [-0.3, -0.25) is 4.79 Å². The van der Waals surface area contributed by atoms with Crippen LogP contribution in [0.5, 0.6) is 0 Å². The van der Waals surface area contributed by atoms with Crippen LogP contribution in [0.1, 0.15) is 35.5 Å². The van der Waals surface area contributed by atoms with Crippen molar-refractivity contribution in [2.75, 3.05) is 0 Å². The van der Waals surface area contributed by atoms with Crippen molar-refractivity contribution >= 4 is 17.6 Å². The molecule has 0 spiro atoms. The fourth-order valence-electron chi connectivity index (χ4n) is 1.77. The van der Waals surface area contributed by atoms with Crippen LogP contribution < -0.4 is 5.32 Å². The number of carbonyl (C=O) groups is 1. The summed E-state index contributed by atoms with van der Waals surface area (Å²) in [5, 5.41) is 12.8. The van der Waals surface area contributed by atoms with Gasteiger partial charge < -0.3 is 10.4 Å². The van der Waals surface area contributed by atoms with E-state index in [4.69, 9.17) is 0 Å². The lowest BCUT2D eigenvalue weighted by molar-refractivity contribution is 0.0913. The second kappa shape index (κ2) is 6.40. The molecule has 0 radical (unpaired) electrons. The van der Waals surface area contributed by atoms with Crippen LogP contribution in [0.4, 0.5) is 0 Å². The number of hydrogen-bond acceptors (Lipinski definition) is 5. The fraction of sp³-hybridized carbons (Fsp3) is 0.308. The van der Waals surface area contributed by atoms with Gasteiger partial charge in [0.15, 0.2) is 5.69 Å². The predicted octanol–water partition coefficient (Wildman–Crippen LogP) is 1.78. The third-order valence-corrected chi connectivity index (χ3v) is 3.21. The van der Waals surface area contributed by atoms with Gasteiger partial charge in [-0.25, -0.2) is 0 Å². The van der Waals surface area contributed by atoms with Crippen LogP contribution >= 0.6 is 11.7 Å². The summed E-state index contributed by atoms with van der Waals surface area (Å²) in [5.41, 5.74) is 1.16. The Morgan fingerprint density at radius 1 is 1.42 bits per heavy atom. The van der Waals surface area contributed by atoms with Crippen molar-refractivity contribution in [3.05, 3.63) is 47.8 Å². The second-order valence-corrected chi connectivity index (χ2v) is 4.89. The molecular weight excluding hydrogens is 262 g/mol. The number of hydrogen-bond donors (Lipinski definition) is 2. The number of aliphatic hydroxyl groups is 1. The largest absolute Gasteiger partial charge is 0.388 e. The van der Waals surface area contributed by atoms with Crippen LogP contribution in [0.3, 0.4) is 0 Å². The molecule has 5 nitrogen and oxygen atoms in total. The first-order valence-corrected chi connectivity index (χ1v) is 6.71. The monoisotopic (exact) mass is 277 g/mol. The topological polar surface area (TPSA) is 75.1 Å². The van der Waals surface area contributed by atoms with Gasteiger partial charge in [0.25, 0.3) is 5.91 Å². The smallest absolute Gasteiger partial charge is 0.272 e. The van der Waals surface area contributed by atoms with Crippen molar-refractivity contribution in [3.63, 3.8) is 0 Å². The molecule has 2 N–H and O–H groups in total. The predicted molar refractivity (Wildman–Crippen MR) is 72.9 cm³/mol. The molecule has 19 heavy (non-hydrogen) atoms. The van der Waals surface area contributed by atoms with E-state index in [1.54, 1.807) is 0 Å². The molecule has 2 aromatic rings. The molecule has 0 aliphatic carbocycles. The highest BCUT2D eigenvalue weighted by Crippen LogP contribution is 2.17. The zero-order valence-electron chi connectivity index (χ0n) is 10.5. The molecule has 0 aliphatic rings. The van der Waals surface area contributed by atoms with E-state index < -0.39 is 6.10 Å². The number of amides is 1. The lowest BCUT2D eigenvalue weighted by atomic mass is 10.0. The molecule has 1 heterocycles. The molecule has 0 bridgehead atoms. The molecular formula is C13H15N3O2S. The van der Waals surface area contributed by atoms with Gasteiger partial charge in [-0.05, 0) is 18.9 Å². The molecule has 2 atom stereocenters. The summed E-state index contributed by atoms with van der Waals surface area (Å²) < 4.78 is 7.64. The number of rotatable bonds is 5. The molecule has 0 saturated heterocycles. The van der Waals surface area contributed by atoms with E-state index in [0.717, 1.165) is 17.3 Å². The van der Waals surface area contributed by atoms with E-state index in [0.29, 0.717) is 12.1 Å². The van der Waals surface area contributed by atoms with Crippen LogP contribution in [-0.2, 0) is 0 Å². The number of benzene rings is 1. The average Bonchev–Trinajstić information content (AvgIpc) is 2.93. The summed E-state index contributed by atoms with van der Waals surface area (Å²) in [7, 11) is 0. The molecule has 2 unspecified atom stereocenters. The quantitative estimate of drug-likeness (QED) is 0.873. The van der Waals surface area contributed by atoms with Crippen LogP contribution in [0.15, 0.2) is 36.5 Å². The number of aliphatic hydroxyl groups excluding tert-OH is 1. The standard InChI is InChI=1S/C13H15N3O2S/c1-9(15-13(18)11-8-14-19-16-11)7-12(17)10-5-3-2-4-6-10/h2-6,8-9,12,17H,7H2,1H3,(H,15,18). The first kappa shape index (κ1) is 13.6. The molecule has 6 heteroatoms. The summed E-state index contributed by atoms with van der Waals surface area (Å²) in [4.78, 5) is 11.7. The maximum atomic E-state index is 11.7. The van der Waals surface area contributed by atoms with Gasteiger partial charge in [0, 0.05) is 6.04 Å². The van der Waals surface area contributed by atoms with Crippen molar-refractivity contribution < 1.29 is 9.90 Å². The lowest BCUT2D eigenvalue weighted by Crippen LogP contribution is -2.33. The Morgan fingerprint density at radius 2 is 2.16 bits per heavy atom. The van der Waals surface area contributed by atoms with Crippen molar-refractivity contribution in [2.45, 2.75) is 25.5 Å². The van der Waals surface area contributed by atoms with Crippen molar-refractivity contribution in [3.8, 4) is 0 Å². The van der Waals surface area contributed by atoms with Crippen LogP contribution in [0.2, 0.25) is 0 Å². The fourth-order valence-corrected chi connectivity index (χ4v) is 2.18. The van der Waals surface area contributed by atoms with E-state index in [1.165, 1.54) is 6.20 Å². The maximum Gasteiger partial charge on any atom is 0.272 e. The first-order chi connectivity index (χ1) is 9.16. The van der Waals surface area contributed by atoms with E-state index in [-0.39, 0.29) is 11.9 Å². The maximum absolute atomic E-state index is 11.7. The van der Waals surface area contributed by atoms with Crippen LogP contribution in [-0.4, -0.2) is 25.8 Å². The summed E-state index contributed by atoms with van der Waals surface area (Å²) in [6.45, 7) is 1.85. The summed E-state index contributed by atoms with van der Waals surface area (Å²) in [5.74, 6) is -0.262. The van der Waals surface area contributed by atoms with E-state index in [1.807, 2.05) is 37.3 Å². The molecule has 100 valence electrons. The highest BCUT2D eigenvalue weighted by molar-refractivity contribution is 6.99. The number of nitrogens with zero attached hydrogens (tertiary/aromatic N) is 2. The Kier molecular flexibility index (Phi) is 4.59. The Morgan fingerprint density at radius 3 is 2.79 bits per heavy atom. The van der Waals surface area contributed by atoms with Gasteiger partial charge in [0.2, 0.25) is 0 Å². The van der Waals surface area contributed by atoms with Gasteiger partial charge in [-0.2, -0.15) is 8.75 Å². The zero-order chi connectivity index (χ0) is 13.7. The minimum absolute atomic E-state index is 0.149. The first-order valence-electron chi connectivity index (χ1n) is 5.98. The molecule has 0 fully saturated rings. The molecule has 1 aromatic carbocycles. The Labute approximate surface area is 115 Å². The third-order valence-electron chi connectivity index (χ3n) is 2.73. The summed E-state index contributed by atoms with van der Waals surface area (Å²) >= 11 is 0.996. The minimum Gasteiger partial charge on any atom is -0.388 e. The average molecular weight is 277 g/mol. The third kappa shape index (κ3) is 3.84. The highest BCUT2D eigenvalue weighted by Gasteiger charge is 2.16. The Bertz CT molecular complexity index is 516. The molecule has 0 saturated carbocycles. The van der Waals surface area contributed by atoms with E-state index in [2.05, 4.69) is 14.1 Å². The van der Waals surface area contributed by atoms with Gasteiger partial charge >= 0.3 is 0 Å². The highest BCUT2D eigenvalue weighted by atomic mass is 32.1. The molecule has 1 aromatic heterocycles. The van der Waals surface area contributed by atoms with Gasteiger partial charge in [0.05, 0.1) is 24.0 Å². The Balaban J connectivity index is 1.88. The molecule has 2 rings (SSSR count). The van der Waals surface area contributed by atoms with Gasteiger partial charge in [-0.1, -0.05) is 30.3 Å². The van der Waals surface area contributed by atoms with Gasteiger partial charge in [0.1, 0.15) is 0 Å². The zero-order valence-corrected chi connectivity index (χ0v) is 11.3. The van der Waals surface area contributed by atoms with E-state index in [9.17, 15) is 9.90 Å². The SMILES string of the molecule is CC(CC(O)c1ccccc1)NC(=O)c1cnsn1.